The first-order valence-corrected chi connectivity index (χ1v) is 10.5. The van der Waals surface area contributed by atoms with Gasteiger partial charge in [-0.2, -0.15) is 0 Å². The Bertz CT molecular complexity index is 1010. The molecule has 3 heterocycles. The molecule has 1 aliphatic heterocycles. The van der Waals surface area contributed by atoms with E-state index in [4.69, 9.17) is 8.94 Å². The number of carbonyl (C=O) groups is 1. The van der Waals surface area contributed by atoms with Crippen LogP contribution < -0.4 is 0 Å². The lowest BCUT2D eigenvalue weighted by Gasteiger charge is -2.35. The molecular formula is C24H25N3O3. The third-order valence-corrected chi connectivity index (χ3v) is 6.06. The maximum atomic E-state index is 13.3. The minimum Gasteiger partial charge on any atom is -0.461 e. The zero-order valence-corrected chi connectivity index (χ0v) is 16.9. The first-order valence-electron chi connectivity index (χ1n) is 10.5. The standard InChI is InChI=1S/C24H25N3O3/c28-23(24(10-11-24)22-18-21(30-25-22)20-9-5-17-29-20)27-15-13-26(14-16-27)12-4-8-19-6-2-1-3-7-19/h1-9,17-18H,10-16H2/b8-4+. The van der Waals surface area contributed by atoms with E-state index in [1.165, 1.54) is 5.56 Å². The van der Waals surface area contributed by atoms with Crippen molar-refractivity contribution in [2.45, 2.75) is 18.3 Å². The number of rotatable bonds is 6. The topological polar surface area (TPSA) is 62.7 Å². The van der Waals surface area contributed by atoms with Gasteiger partial charge in [0.2, 0.25) is 11.7 Å². The normalized spacial score (nSPS) is 18.7. The Balaban J connectivity index is 1.17. The Labute approximate surface area is 175 Å². The zero-order valence-electron chi connectivity index (χ0n) is 16.9. The quantitative estimate of drug-likeness (QED) is 0.626. The van der Waals surface area contributed by atoms with Gasteiger partial charge in [0, 0.05) is 38.8 Å². The lowest BCUT2D eigenvalue weighted by Crippen LogP contribution is -2.51. The van der Waals surface area contributed by atoms with Crippen LogP contribution in [0.3, 0.4) is 0 Å². The molecule has 1 amide bonds. The zero-order chi connectivity index (χ0) is 20.4. The van der Waals surface area contributed by atoms with Gasteiger partial charge in [-0.05, 0) is 30.5 Å². The number of furan rings is 1. The summed E-state index contributed by atoms with van der Waals surface area (Å²) in [6.45, 7) is 4.18. The van der Waals surface area contributed by atoms with Gasteiger partial charge in [0.1, 0.15) is 0 Å². The molecule has 1 saturated heterocycles. The predicted octanol–water partition coefficient (Wildman–Crippen LogP) is 3.82. The second kappa shape index (κ2) is 7.95. The van der Waals surface area contributed by atoms with Gasteiger partial charge in [0.05, 0.1) is 17.4 Å². The van der Waals surface area contributed by atoms with Crippen LogP contribution >= 0.6 is 0 Å². The van der Waals surface area contributed by atoms with Gasteiger partial charge in [-0.1, -0.05) is 47.6 Å². The van der Waals surface area contributed by atoms with E-state index in [1.807, 2.05) is 41.3 Å². The number of carbonyl (C=O) groups excluding carboxylic acids is 1. The van der Waals surface area contributed by atoms with E-state index in [1.54, 1.807) is 6.26 Å². The Kier molecular flexibility index (Phi) is 5.01. The minimum absolute atomic E-state index is 0.182. The second-order valence-corrected chi connectivity index (χ2v) is 8.04. The van der Waals surface area contributed by atoms with Gasteiger partial charge in [0.15, 0.2) is 5.76 Å². The van der Waals surface area contributed by atoms with Gasteiger partial charge in [0.25, 0.3) is 0 Å². The summed E-state index contributed by atoms with van der Waals surface area (Å²) >= 11 is 0. The van der Waals surface area contributed by atoms with Crippen molar-refractivity contribution in [3.63, 3.8) is 0 Å². The number of nitrogens with zero attached hydrogens (tertiary/aromatic N) is 3. The van der Waals surface area contributed by atoms with Crippen molar-refractivity contribution in [3.8, 4) is 11.5 Å². The summed E-state index contributed by atoms with van der Waals surface area (Å²) in [7, 11) is 0. The highest BCUT2D eigenvalue weighted by atomic mass is 16.5. The van der Waals surface area contributed by atoms with Crippen LogP contribution in [0.4, 0.5) is 0 Å². The summed E-state index contributed by atoms with van der Waals surface area (Å²) < 4.78 is 10.8. The Morgan fingerprint density at radius 1 is 1.03 bits per heavy atom. The van der Waals surface area contributed by atoms with Crippen LogP contribution in [0, 0.1) is 0 Å². The number of hydrogen-bond donors (Lipinski definition) is 0. The summed E-state index contributed by atoms with van der Waals surface area (Å²) in [4.78, 5) is 17.6. The van der Waals surface area contributed by atoms with Crippen molar-refractivity contribution in [1.82, 2.24) is 15.0 Å². The third kappa shape index (κ3) is 3.71. The van der Waals surface area contributed by atoms with E-state index < -0.39 is 5.41 Å². The van der Waals surface area contributed by atoms with Gasteiger partial charge in [-0.15, -0.1) is 0 Å². The van der Waals surface area contributed by atoms with Gasteiger partial charge in [-0.3, -0.25) is 9.69 Å². The van der Waals surface area contributed by atoms with E-state index >= 15 is 0 Å². The average Bonchev–Trinajstić information content (AvgIpc) is 3.18. The van der Waals surface area contributed by atoms with Gasteiger partial charge >= 0.3 is 0 Å². The molecule has 1 saturated carbocycles. The second-order valence-electron chi connectivity index (χ2n) is 8.04. The van der Waals surface area contributed by atoms with Crippen molar-refractivity contribution in [1.29, 1.82) is 0 Å². The number of hydrogen-bond acceptors (Lipinski definition) is 5. The maximum absolute atomic E-state index is 13.3. The SMILES string of the molecule is O=C(N1CCN(C/C=C/c2ccccc2)CC1)C1(c2cc(-c3ccco3)on2)CC1. The highest BCUT2D eigenvalue weighted by Crippen LogP contribution is 2.50. The molecule has 2 aromatic heterocycles. The Morgan fingerprint density at radius 3 is 2.53 bits per heavy atom. The van der Waals surface area contributed by atoms with Crippen molar-refractivity contribution in [2.24, 2.45) is 0 Å². The maximum Gasteiger partial charge on any atom is 0.235 e. The summed E-state index contributed by atoms with van der Waals surface area (Å²) in [6.07, 6.45) is 7.61. The molecule has 0 atom stereocenters. The first kappa shape index (κ1) is 18.9. The van der Waals surface area contributed by atoms with Crippen LogP contribution in [0.25, 0.3) is 17.6 Å². The molecule has 30 heavy (non-hydrogen) atoms. The van der Waals surface area contributed by atoms with E-state index in [2.05, 4.69) is 34.3 Å². The first-order chi connectivity index (χ1) is 14.7. The predicted molar refractivity (Wildman–Crippen MR) is 114 cm³/mol. The number of benzene rings is 1. The van der Waals surface area contributed by atoms with Crippen LogP contribution in [0.2, 0.25) is 0 Å². The molecule has 1 aromatic carbocycles. The lowest BCUT2D eigenvalue weighted by atomic mass is 9.99. The number of amides is 1. The van der Waals surface area contributed by atoms with Gasteiger partial charge < -0.3 is 13.8 Å². The molecule has 0 radical (unpaired) electrons. The van der Waals surface area contributed by atoms with Crippen LogP contribution in [0.1, 0.15) is 24.1 Å². The van der Waals surface area contributed by atoms with Crippen molar-refractivity contribution in [2.75, 3.05) is 32.7 Å². The summed E-state index contributed by atoms with van der Waals surface area (Å²) in [5.41, 5.74) is 1.43. The van der Waals surface area contributed by atoms with Gasteiger partial charge in [-0.25, -0.2) is 0 Å². The fraction of sp³-hybridized carbons (Fsp3) is 0.333. The van der Waals surface area contributed by atoms with Crippen molar-refractivity contribution < 1.29 is 13.7 Å². The van der Waals surface area contributed by atoms with E-state index in [0.29, 0.717) is 11.5 Å². The molecule has 5 rings (SSSR count). The fourth-order valence-electron chi connectivity index (χ4n) is 4.08. The van der Waals surface area contributed by atoms with Crippen LogP contribution in [0.15, 0.2) is 69.8 Å². The molecular weight excluding hydrogens is 378 g/mol. The monoisotopic (exact) mass is 403 g/mol. The summed E-state index contributed by atoms with van der Waals surface area (Å²) in [6, 6.07) is 15.8. The van der Waals surface area contributed by atoms with E-state index in [0.717, 1.165) is 51.3 Å². The molecule has 0 spiro atoms. The van der Waals surface area contributed by atoms with Crippen LogP contribution in [-0.4, -0.2) is 53.6 Å². The Morgan fingerprint density at radius 2 is 1.83 bits per heavy atom. The molecule has 2 aliphatic rings. The van der Waals surface area contributed by atoms with Crippen molar-refractivity contribution in [3.05, 3.63) is 72.1 Å². The average molecular weight is 403 g/mol. The molecule has 2 fully saturated rings. The van der Waals surface area contributed by atoms with E-state index in [9.17, 15) is 4.79 Å². The van der Waals surface area contributed by atoms with Crippen molar-refractivity contribution >= 4 is 12.0 Å². The molecule has 0 N–H and O–H groups in total. The highest BCUT2D eigenvalue weighted by Gasteiger charge is 2.55. The largest absolute Gasteiger partial charge is 0.461 e. The smallest absolute Gasteiger partial charge is 0.235 e. The molecule has 154 valence electrons. The third-order valence-electron chi connectivity index (χ3n) is 6.06. The van der Waals surface area contributed by atoms with E-state index in [-0.39, 0.29) is 5.91 Å². The highest BCUT2D eigenvalue weighted by molar-refractivity contribution is 5.91. The number of aromatic nitrogens is 1. The molecule has 1 aliphatic carbocycles. The molecule has 0 unspecified atom stereocenters. The molecule has 0 bridgehead atoms. The number of piperazine rings is 1. The van der Waals surface area contributed by atoms with Crippen LogP contribution in [0.5, 0.6) is 0 Å². The lowest BCUT2D eigenvalue weighted by molar-refractivity contribution is -0.135. The summed E-state index contributed by atoms with van der Waals surface area (Å²) in [5, 5.41) is 4.20. The van der Waals surface area contributed by atoms with Crippen LogP contribution in [-0.2, 0) is 10.2 Å². The molecule has 6 heteroatoms. The summed E-state index contributed by atoms with van der Waals surface area (Å²) in [5.74, 6) is 1.39. The minimum atomic E-state index is -0.510. The molecule has 3 aromatic rings. The fourth-order valence-corrected chi connectivity index (χ4v) is 4.08. The Hall–Kier alpha value is -3.12. The molecule has 6 nitrogen and oxygen atoms in total.